The van der Waals surface area contributed by atoms with Crippen molar-refractivity contribution in [2.75, 3.05) is 0 Å². The van der Waals surface area contributed by atoms with Crippen LogP contribution in [-0.4, -0.2) is 55.0 Å². The summed E-state index contributed by atoms with van der Waals surface area (Å²) in [6.45, 7) is 0. The number of carbonyl (C=O) groups excluding carboxylic acids is 2. The fourth-order valence-electron chi connectivity index (χ4n) is 3.00. The Morgan fingerprint density at radius 3 is 1.59 bits per heavy atom. The van der Waals surface area contributed by atoms with E-state index in [1.807, 2.05) is 0 Å². The Labute approximate surface area is 148 Å². The predicted molar refractivity (Wildman–Crippen MR) is 84.0 cm³/mol. The van der Waals surface area contributed by atoms with Crippen LogP contribution in [0.4, 0.5) is 0 Å². The molecule has 2 aromatic rings. The van der Waals surface area contributed by atoms with Crippen LogP contribution < -0.4 is 0 Å². The number of rotatable bonds is 3. The first kappa shape index (κ1) is 17.6. The molecule has 0 saturated carbocycles. The molecule has 1 aliphatic carbocycles. The van der Waals surface area contributed by atoms with Gasteiger partial charge in [-0.1, -0.05) is 0 Å². The molecule has 10 nitrogen and oxygen atoms in total. The summed E-state index contributed by atoms with van der Waals surface area (Å²) < 4.78 is 0. The molecule has 3 rings (SSSR count). The molecule has 0 amide bonds. The second-order valence-electron chi connectivity index (χ2n) is 5.52. The molecule has 0 radical (unpaired) electrons. The van der Waals surface area contributed by atoms with E-state index in [1.165, 1.54) is 0 Å². The Morgan fingerprint density at radius 2 is 1.15 bits per heavy atom. The van der Waals surface area contributed by atoms with Crippen molar-refractivity contribution < 1.29 is 49.5 Å². The van der Waals surface area contributed by atoms with Crippen LogP contribution in [0, 0.1) is 0 Å². The summed E-state index contributed by atoms with van der Waals surface area (Å²) in [6, 6.07) is 2.39. The Balaban J connectivity index is 2.55. The number of ketones is 2. The van der Waals surface area contributed by atoms with Gasteiger partial charge in [0.05, 0.1) is 27.8 Å². The first-order valence-corrected chi connectivity index (χ1v) is 7.13. The van der Waals surface area contributed by atoms with Crippen molar-refractivity contribution in [3.8, 4) is 11.5 Å². The molecule has 0 fully saturated rings. The van der Waals surface area contributed by atoms with Gasteiger partial charge in [0.25, 0.3) is 0 Å². The van der Waals surface area contributed by atoms with Gasteiger partial charge in [-0.25, -0.2) is 14.4 Å². The monoisotopic (exact) mass is 372 g/mol. The molecule has 5 N–H and O–H groups in total. The van der Waals surface area contributed by atoms with Gasteiger partial charge in [-0.2, -0.15) is 0 Å². The number of fused-ring (bicyclic) bond motifs is 2. The molecule has 0 spiro atoms. The number of carboxylic acid groups (broad SMARTS) is 3. The van der Waals surface area contributed by atoms with Gasteiger partial charge in [0.1, 0.15) is 11.5 Å². The summed E-state index contributed by atoms with van der Waals surface area (Å²) in [4.78, 5) is 60.0. The number of carboxylic acids is 3. The number of phenolic OH excluding ortho intramolecular Hbond substituents is 2. The molecule has 0 heterocycles. The fourth-order valence-corrected chi connectivity index (χ4v) is 3.00. The molecule has 0 bridgehead atoms. The molecule has 0 saturated heterocycles. The lowest BCUT2D eigenvalue weighted by atomic mass is 9.78. The zero-order valence-electron chi connectivity index (χ0n) is 13.0. The van der Waals surface area contributed by atoms with Crippen molar-refractivity contribution >= 4 is 29.5 Å². The van der Waals surface area contributed by atoms with E-state index in [1.54, 1.807) is 0 Å². The van der Waals surface area contributed by atoms with Crippen molar-refractivity contribution in [3.05, 3.63) is 57.1 Å². The Hall–Kier alpha value is -4.21. The van der Waals surface area contributed by atoms with Crippen molar-refractivity contribution in [3.63, 3.8) is 0 Å². The number of aromatic hydroxyl groups is 2. The number of benzene rings is 2. The van der Waals surface area contributed by atoms with Crippen molar-refractivity contribution in [2.24, 2.45) is 0 Å². The first-order valence-electron chi connectivity index (χ1n) is 7.13. The lowest BCUT2D eigenvalue weighted by molar-refractivity contribution is 0.0631. The van der Waals surface area contributed by atoms with E-state index in [0.717, 1.165) is 12.1 Å². The summed E-state index contributed by atoms with van der Waals surface area (Å²) in [6.07, 6.45) is 0. The summed E-state index contributed by atoms with van der Waals surface area (Å²) in [5.41, 5.74) is -6.29. The maximum Gasteiger partial charge on any atom is 0.337 e. The van der Waals surface area contributed by atoms with E-state index in [4.69, 9.17) is 0 Å². The van der Waals surface area contributed by atoms with Crippen molar-refractivity contribution in [2.45, 2.75) is 0 Å². The lowest BCUT2D eigenvalue weighted by Crippen LogP contribution is -2.28. The van der Waals surface area contributed by atoms with E-state index in [-0.39, 0.29) is 0 Å². The fraction of sp³-hybridized carbons (Fsp3) is 0. The molecule has 2 aromatic carbocycles. The quantitative estimate of drug-likeness (QED) is 0.414. The second-order valence-corrected chi connectivity index (χ2v) is 5.52. The highest BCUT2D eigenvalue weighted by Gasteiger charge is 2.41. The van der Waals surface area contributed by atoms with Gasteiger partial charge >= 0.3 is 17.9 Å². The van der Waals surface area contributed by atoms with Gasteiger partial charge in [-0.05, 0) is 18.2 Å². The number of hydrogen-bond acceptors (Lipinski definition) is 7. The maximum atomic E-state index is 12.8. The molecule has 1 aliphatic rings. The topological polar surface area (TPSA) is 186 Å². The van der Waals surface area contributed by atoms with Crippen LogP contribution in [0.1, 0.15) is 62.9 Å². The Kier molecular flexibility index (Phi) is 3.69. The van der Waals surface area contributed by atoms with Crippen molar-refractivity contribution in [1.82, 2.24) is 0 Å². The highest BCUT2D eigenvalue weighted by molar-refractivity contribution is 6.33. The maximum absolute atomic E-state index is 12.8. The third kappa shape index (κ3) is 2.31. The third-order valence-electron chi connectivity index (χ3n) is 4.07. The Bertz CT molecular complexity index is 1110. The van der Waals surface area contributed by atoms with Crippen molar-refractivity contribution in [1.29, 1.82) is 0 Å². The lowest BCUT2D eigenvalue weighted by Gasteiger charge is -2.22. The molecule has 0 aromatic heterocycles. The summed E-state index contributed by atoms with van der Waals surface area (Å²) in [7, 11) is 0. The molecule has 0 aliphatic heterocycles. The molecule has 10 heteroatoms. The standard InChI is InChI=1S/C17H8O10/c18-6-1-2-7(19)11-10(6)13(20)4-3-5(15(22)23)9(16(24)25)12(17(26)27)8(4)14(11)21/h1-3,18-19H,(H,22,23)(H,24,25)(H,26,27). The van der Waals surface area contributed by atoms with E-state index in [0.29, 0.717) is 6.07 Å². The van der Waals surface area contributed by atoms with E-state index >= 15 is 0 Å². The van der Waals surface area contributed by atoms with Crippen LogP contribution >= 0.6 is 0 Å². The number of phenols is 2. The van der Waals surface area contributed by atoms with Gasteiger partial charge < -0.3 is 25.5 Å². The number of hydrogen-bond donors (Lipinski definition) is 5. The first-order chi connectivity index (χ1) is 12.6. The normalized spacial score (nSPS) is 12.3. The van der Waals surface area contributed by atoms with Gasteiger partial charge in [0.15, 0.2) is 11.6 Å². The second kappa shape index (κ2) is 5.66. The average Bonchev–Trinajstić information content (AvgIpc) is 2.59. The van der Waals surface area contributed by atoms with Gasteiger partial charge in [0, 0.05) is 11.1 Å². The van der Waals surface area contributed by atoms with Crippen LogP contribution in [0.5, 0.6) is 11.5 Å². The zero-order chi connectivity index (χ0) is 20.2. The minimum absolute atomic E-state index is 0.570. The van der Waals surface area contributed by atoms with E-state index < -0.39 is 79.9 Å². The van der Waals surface area contributed by atoms with Crippen LogP contribution in [0.25, 0.3) is 0 Å². The number of carbonyl (C=O) groups is 5. The SMILES string of the molecule is O=C(O)c1cc2c(c(C(=O)O)c1C(=O)O)C(=O)c1c(O)ccc(O)c1C2=O. The minimum atomic E-state index is -1.95. The van der Waals surface area contributed by atoms with Crippen LogP contribution in [-0.2, 0) is 0 Å². The highest BCUT2D eigenvalue weighted by atomic mass is 16.4. The van der Waals surface area contributed by atoms with Gasteiger partial charge in [0.2, 0.25) is 0 Å². The summed E-state index contributed by atoms with van der Waals surface area (Å²) in [5.74, 6) is -9.50. The van der Waals surface area contributed by atoms with Crippen LogP contribution in [0.3, 0.4) is 0 Å². The number of aromatic carboxylic acids is 3. The van der Waals surface area contributed by atoms with Gasteiger partial charge in [-0.15, -0.1) is 0 Å². The molecular weight excluding hydrogens is 364 g/mol. The molecule has 0 atom stereocenters. The van der Waals surface area contributed by atoms with E-state index in [9.17, 15) is 49.5 Å². The summed E-state index contributed by atoms with van der Waals surface area (Å²) in [5, 5.41) is 47.7. The van der Waals surface area contributed by atoms with Crippen LogP contribution in [0.2, 0.25) is 0 Å². The zero-order valence-corrected chi connectivity index (χ0v) is 13.0. The smallest absolute Gasteiger partial charge is 0.337 e. The highest BCUT2D eigenvalue weighted by Crippen LogP contribution is 2.40. The van der Waals surface area contributed by atoms with Gasteiger partial charge in [-0.3, -0.25) is 9.59 Å². The van der Waals surface area contributed by atoms with E-state index in [2.05, 4.69) is 0 Å². The largest absolute Gasteiger partial charge is 0.507 e. The molecule has 27 heavy (non-hydrogen) atoms. The molecule has 136 valence electrons. The summed E-state index contributed by atoms with van der Waals surface area (Å²) >= 11 is 0. The third-order valence-corrected chi connectivity index (χ3v) is 4.07. The molecular formula is C17H8O10. The predicted octanol–water partition coefficient (Wildman–Crippen LogP) is 0.968. The Morgan fingerprint density at radius 1 is 0.667 bits per heavy atom. The molecule has 0 unspecified atom stereocenters. The average molecular weight is 372 g/mol. The van der Waals surface area contributed by atoms with Crippen LogP contribution in [0.15, 0.2) is 18.2 Å². The minimum Gasteiger partial charge on any atom is -0.507 e.